The summed E-state index contributed by atoms with van der Waals surface area (Å²) < 4.78 is 30.7. The van der Waals surface area contributed by atoms with Crippen LogP contribution in [0.15, 0.2) is 29.2 Å². The van der Waals surface area contributed by atoms with Crippen molar-refractivity contribution in [2.45, 2.75) is 77.3 Å². The molecule has 0 aliphatic heterocycles. The van der Waals surface area contributed by atoms with Gasteiger partial charge in [0, 0.05) is 0 Å². The lowest BCUT2D eigenvalue weighted by Gasteiger charge is -2.36. The number of carbonyl (C=O) groups is 2. The Hall–Kier alpha value is -2.09. The molecule has 0 saturated carbocycles. The number of nitrogens with one attached hydrogen (secondary N) is 1. The first-order valence-electron chi connectivity index (χ1n) is 9.35. The Balaban J connectivity index is 3.30. The summed E-state index contributed by atoms with van der Waals surface area (Å²) in [5.74, 6) is -0.656. The fourth-order valence-corrected chi connectivity index (χ4v) is 4.06. The van der Waals surface area contributed by atoms with Gasteiger partial charge in [-0.2, -0.15) is 0 Å². The fourth-order valence-electron chi connectivity index (χ4n) is 2.39. The van der Waals surface area contributed by atoms with Crippen LogP contribution in [0.25, 0.3) is 0 Å². The smallest absolute Gasteiger partial charge is 0.426 e. The van der Waals surface area contributed by atoms with Gasteiger partial charge in [0.05, 0.1) is 21.8 Å². The van der Waals surface area contributed by atoms with Gasteiger partial charge in [-0.15, -0.1) is 0 Å². The first-order chi connectivity index (χ1) is 12.7. The van der Waals surface area contributed by atoms with Crippen molar-refractivity contribution < 1.29 is 22.7 Å². The predicted octanol–water partition coefficient (Wildman–Crippen LogP) is 3.94. The molecule has 0 heterocycles. The van der Waals surface area contributed by atoms with E-state index in [0.29, 0.717) is 6.42 Å². The number of hydrogen-bond donors (Lipinski definition) is 1. The topological polar surface area (TPSA) is 92.8 Å². The lowest BCUT2D eigenvalue weighted by Crippen LogP contribution is -2.56. The molecule has 0 fully saturated rings. The van der Waals surface area contributed by atoms with Gasteiger partial charge in [0.25, 0.3) is 5.91 Å². The van der Waals surface area contributed by atoms with E-state index in [1.807, 2.05) is 6.92 Å². The van der Waals surface area contributed by atoms with Crippen molar-refractivity contribution in [2.24, 2.45) is 0 Å². The molecule has 1 N–H and O–H groups in total. The summed E-state index contributed by atoms with van der Waals surface area (Å²) in [6.07, 6.45) is 0.440. The maximum atomic E-state index is 13.2. The molecule has 8 heteroatoms. The Morgan fingerprint density at radius 1 is 1.07 bits per heavy atom. The van der Waals surface area contributed by atoms with Crippen LogP contribution in [0.4, 0.5) is 4.79 Å². The molecule has 2 amide bonds. The zero-order valence-corrected chi connectivity index (χ0v) is 18.6. The summed E-state index contributed by atoms with van der Waals surface area (Å²) in [6.45, 7) is 12.2. The number of carbonyl (C=O) groups excluding carboxylic acids is 2. The molecule has 28 heavy (non-hydrogen) atoms. The minimum absolute atomic E-state index is 0.0181. The molecule has 1 rings (SSSR count). The van der Waals surface area contributed by atoms with Crippen LogP contribution < -0.4 is 5.43 Å². The molecule has 0 radical (unpaired) electrons. The lowest BCUT2D eigenvalue weighted by atomic mass is 10.1. The maximum Gasteiger partial charge on any atom is 0.426 e. The Bertz CT molecular complexity index is 805. The highest BCUT2D eigenvalue weighted by atomic mass is 32.2. The van der Waals surface area contributed by atoms with Crippen molar-refractivity contribution in [1.82, 2.24) is 10.4 Å². The molecule has 0 aromatic heterocycles. The van der Waals surface area contributed by atoms with Crippen molar-refractivity contribution >= 4 is 21.8 Å². The first kappa shape index (κ1) is 23.9. The minimum Gasteiger partial charge on any atom is -0.443 e. The molecule has 0 aliphatic rings. The van der Waals surface area contributed by atoms with Crippen LogP contribution in [0.3, 0.4) is 0 Å². The van der Waals surface area contributed by atoms with E-state index in [1.54, 1.807) is 53.7 Å². The molecule has 1 aromatic carbocycles. The zero-order valence-electron chi connectivity index (χ0n) is 17.8. The third-order valence-corrected chi connectivity index (χ3v) is 5.55. The number of ether oxygens (including phenoxy) is 1. The predicted molar refractivity (Wildman–Crippen MR) is 109 cm³/mol. The average molecular weight is 413 g/mol. The van der Waals surface area contributed by atoms with Gasteiger partial charge in [-0.05, 0) is 60.1 Å². The van der Waals surface area contributed by atoms with E-state index in [2.05, 4.69) is 5.43 Å². The number of amides is 2. The van der Waals surface area contributed by atoms with Crippen molar-refractivity contribution in [1.29, 1.82) is 0 Å². The molecule has 0 saturated heterocycles. The van der Waals surface area contributed by atoms with Gasteiger partial charge < -0.3 is 4.74 Å². The molecule has 0 bridgehead atoms. The van der Waals surface area contributed by atoms with Crippen molar-refractivity contribution in [2.75, 3.05) is 5.75 Å². The minimum atomic E-state index is -3.63. The van der Waals surface area contributed by atoms with E-state index < -0.39 is 33.0 Å². The van der Waals surface area contributed by atoms with Crippen LogP contribution in [0.2, 0.25) is 0 Å². The maximum absolute atomic E-state index is 13.2. The van der Waals surface area contributed by atoms with Crippen molar-refractivity contribution in [3.63, 3.8) is 0 Å². The largest absolute Gasteiger partial charge is 0.443 e. The number of sulfone groups is 1. The number of nitrogens with zero attached hydrogens (tertiary/aromatic N) is 1. The van der Waals surface area contributed by atoms with Crippen LogP contribution in [-0.4, -0.2) is 42.3 Å². The highest BCUT2D eigenvalue weighted by Crippen LogP contribution is 2.23. The Morgan fingerprint density at radius 2 is 1.64 bits per heavy atom. The van der Waals surface area contributed by atoms with Gasteiger partial charge in [0.1, 0.15) is 5.60 Å². The monoisotopic (exact) mass is 412 g/mol. The number of hydrazine groups is 1. The van der Waals surface area contributed by atoms with Gasteiger partial charge in [0.15, 0.2) is 9.84 Å². The molecular weight excluding hydrogens is 380 g/mol. The van der Waals surface area contributed by atoms with Crippen LogP contribution in [0.5, 0.6) is 0 Å². The summed E-state index contributed by atoms with van der Waals surface area (Å²) in [5.41, 5.74) is 0.930. The summed E-state index contributed by atoms with van der Waals surface area (Å²) in [6, 6.07) is 6.06. The lowest BCUT2D eigenvalue weighted by molar-refractivity contribution is 0.0116. The van der Waals surface area contributed by atoms with E-state index in [0.717, 1.165) is 11.4 Å². The van der Waals surface area contributed by atoms with Gasteiger partial charge in [-0.25, -0.2) is 23.6 Å². The Labute approximate surface area is 168 Å². The van der Waals surface area contributed by atoms with Gasteiger partial charge in [0.2, 0.25) is 0 Å². The third kappa shape index (κ3) is 6.82. The second-order valence-electron chi connectivity index (χ2n) is 8.59. The number of unbranched alkanes of at least 4 members (excludes halogenated alkanes) is 1. The van der Waals surface area contributed by atoms with E-state index in [4.69, 9.17) is 4.74 Å². The van der Waals surface area contributed by atoms with Crippen LogP contribution in [0.1, 0.15) is 71.7 Å². The van der Waals surface area contributed by atoms with Crippen LogP contribution in [0, 0.1) is 0 Å². The van der Waals surface area contributed by atoms with Crippen LogP contribution >= 0.6 is 0 Å². The van der Waals surface area contributed by atoms with Crippen molar-refractivity contribution in [3.8, 4) is 0 Å². The van der Waals surface area contributed by atoms with Crippen LogP contribution in [-0.2, 0) is 14.6 Å². The standard InChI is InChI=1S/C20H32N2O5S/c1-8-9-14-28(25,26)16-13-11-10-12-15(16)17(23)22(19(2,3)4)21-18(24)27-20(5,6)7/h10-13H,8-9,14H2,1-7H3,(H,21,24). The highest BCUT2D eigenvalue weighted by Gasteiger charge is 2.33. The van der Waals surface area contributed by atoms with Gasteiger partial charge >= 0.3 is 6.09 Å². The quantitative estimate of drug-likeness (QED) is 0.740. The molecular formula is C20H32N2O5S. The summed E-state index contributed by atoms with van der Waals surface area (Å²) >= 11 is 0. The van der Waals surface area contributed by atoms with Gasteiger partial charge in [-0.1, -0.05) is 25.5 Å². The van der Waals surface area contributed by atoms with E-state index >= 15 is 0 Å². The molecule has 158 valence electrons. The molecule has 0 atom stereocenters. The average Bonchev–Trinajstić information content (AvgIpc) is 2.55. The number of hydrogen-bond acceptors (Lipinski definition) is 5. The molecule has 0 unspecified atom stereocenters. The third-order valence-electron chi connectivity index (χ3n) is 3.70. The summed E-state index contributed by atoms with van der Waals surface area (Å²) in [5, 5.41) is 1.11. The second kappa shape index (κ2) is 8.94. The second-order valence-corrected chi connectivity index (χ2v) is 10.7. The zero-order chi connectivity index (χ0) is 21.8. The fraction of sp³-hybridized carbons (Fsp3) is 0.600. The van der Waals surface area contributed by atoms with E-state index in [9.17, 15) is 18.0 Å². The number of rotatable bonds is 5. The molecule has 7 nitrogen and oxygen atoms in total. The highest BCUT2D eigenvalue weighted by molar-refractivity contribution is 7.91. The SMILES string of the molecule is CCCCS(=O)(=O)c1ccccc1C(=O)N(NC(=O)OC(C)(C)C)C(C)(C)C. The normalized spacial score (nSPS) is 12.4. The summed E-state index contributed by atoms with van der Waals surface area (Å²) in [4.78, 5) is 25.4. The molecule has 0 spiro atoms. The first-order valence-corrected chi connectivity index (χ1v) is 11.0. The van der Waals surface area contributed by atoms with E-state index in [1.165, 1.54) is 12.1 Å². The van der Waals surface area contributed by atoms with Gasteiger partial charge in [-0.3, -0.25) is 4.79 Å². The Kier molecular flexibility index (Phi) is 7.65. The number of benzene rings is 1. The molecule has 1 aromatic rings. The summed E-state index contributed by atoms with van der Waals surface area (Å²) in [7, 11) is -3.63. The van der Waals surface area contributed by atoms with E-state index in [-0.39, 0.29) is 16.2 Å². The Morgan fingerprint density at radius 3 is 2.14 bits per heavy atom. The van der Waals surface area contributed by atoms with Crippen molar-refractivity contribution in [3.05, 3.63) is 29.8 Å². The molecule has 0 aliphatic carbocycles.